The van der Waals surface area contributed by atoms with Crippen molar-refractivity contribution in [2.45, 2.75) is 32.1 Å². The Bertz CT molecular complexity index is 381. The minimum absolute atomic E-state index is 0.0541. The van der Waals surface area contributed by atoms with Crippen LogP contribution in [0.2, 0.25) is 0 Å². The van der Waals surface area contributed by atoms with E-state index >= 15 is 0 Å². The molecular weight excluding hydrogens is 232 g/mol. The number of hydrogen-bond acceptors (Lipinski definition) is 3. The monoisotopic (exact) mass is 250 g/mol. The second-order valence-electron chi connectivity index (χ2n) is 4.07. The van der Waals surface area contributed by atoms with Crippen LogP contribution >= 0.6 is 11.3 Å². The van der Waals surface area contributed by atoms with Crippen LogP contribution in [0.5, 0.6) is 0 Å². The smallest absolute Gasteiger partial charge is 0.224 e. The number of rotatable bonds is 6. The van der Waals surface area contributed by atoms with Gasteiger partial charge in [0.1, 0.15) is 0 Å². The predicted molar refractivity (Wildman–Crippen MR) is 69.8 cm³/mol. The molecule has 3 nitrogen and oxygen atoms in total. The molecule has 0 fully saturated rings. The Balaban J connectivity index is 2.52. The Kier molecular flexibility index (Phi) is 5.71. The van der Waals surface area contributed by atoms with Gasteiger partial charge in [0.15, 0.2) is 0 Å². The summed E-state index contributed by atoms with van der Waals surface area (Å²) in [6.45, 7) is 2.87. The van der Waals surface area contributed by atoms with Crippen LogP contribution in [0.25, 0.3) is 0 Å². The number of amides is 1. The third-order valence-corrected chi connectivity index (χ3v) is 3.68. The SMILES string of the molecule is CCCCN(C)C(=O)CC(C#N)c1cccs1. The summed E-state index contributed by atoms with van der Waals surface area (Å²) in [5, 5.41) is 11.0. The van der Waals surface area contributed by atoms with Crippen LogP contribution in [0.4, 0.5) is 0 Å². The first-order valence-corrected chi connectivity index (χ1v) is 6.74. The zero-order chi connectivity index (χ0) is 12.7. The van der Waals surface area contributed by atoms with Crippen LogP contribution in [-0.2, 0) is 4.79 Å². The zero-order valence-electron chi connectivity index (χ0n) is 10.3. The Morgan fingerprint density at radius 3 is 2.94 bits per heavy atom. The molecule has 1 rings (SSSR count). The van der Waals surface area contributed by atoms with Crippen molar-refractivity contribution in [2.75, 3.05) is 13.6 Å². The second kappa shape index (κ2) is 7.08. The number of hydrogen-bond donors (Lipinski definition) is 0. The summed E-state index contributed by atoms with van der Waals surface area (Å²) in [5.74, 6) is -0.245. The Morgan fingerprint density at radius 1 is 1.65 bits per heavy atom. The molecule has 0 aliphatic carbocycles. The molecule has 0 aliphatic rings. The van der Waals surface area contributed by atoms with Crippen molar-refractivity contribution in [1.29, 1.82) is 5.26 Å². The molecule has 1 amide bonds. The molecule has 1 aromatic rings. The maximum absolute atomic E-state index is 11.9. The molecular formula is C13H18N2OS. The van der Waals surface area contributed by atoms with Gasteiger partial charge in [-0.1, -0.05) is 19.4 Å². The first kappa shape index (κ1) is 13.7. The highest BCUT2D eigenvalue weighted by Crippen LogP contribution is 2.24. The highest BCUT2D eigenvalue weighted by Gasteiger charge is 2.18. The van der Waals surface area contributed by atoms with E-state index in [4.69, 9.17) is 5.26 Å². The van der Waals surface area contributed by atoms with Crippen molar-refractivity contribution in [3.8, 4) is 6.07 Å². The number of carbonyl (C=O) groups excluding carboxylic acids is 1. The third-order valence-electron chi connectivity index (χ3n) is 2.69. The fourth-order valence-electron chi connectivity index (χ4n) is 1.55. The van der Waals surface area contributed by atoms with Crippen molar-refractivity contribution in [3.63, 3.8) is 0 Å². The van der Waals surface area contributed by atoms with E-state index in [1.165, 1.54) is 11.3 Å². The Hall–Kier alpha value is -1.34. The van der Waals surface area contributed by atoms with Crippen LogP contribution in [0, 0.1) is 11.3 Å². The van der Waals surface area contributed by atoms with Gasteiger partial charge in [-0.25, -0.2) is 0 Å². The number of nitrogens with zero attached hydrogens (tertiary/aromatic N) is 2. The molecule has 0 saturated heterocycles. The van der Waals surface area contributed by atoms with Gasteiger partial charge in [0.25, 0.3) is 0 Å². The highest BCUT2D eigenvalue weighted by molar-refractivity contribution is 7.10. The molecule has 0 saturated carbocycles. The standard InChI is InChI=1S/C13H18N2OS/c1-3-4-7-15(2)13(16)9-11(10-14)12-6-5-8-17-12/h5-6,8,11H,3-4,7,9H2,1-2H3. The Labute approximate surface area is 107 Å². The van der Waals surface area contributed by atoms with Gasteiger partial charge in [0.05, 0.1) is 12.0 Å². The van der Waals surface area contributed by atoms with E-state index in [-0.39, 0.29) is 18.2 Å². The molecule has 0 radical (unpaired) electrons. The van der Waals surface area contributed by atoms with Gasteiger partial charge in [-0.05, 0) is 17.9 Å². The molecule has 0 aliphatic heterocycles. The van der Waals surface area contributed by atoms with Crippen LogP contribution in [0.3, 0.4) is 0 Å². The Morgan fingerprint density at radius 2 is 2.41 bits per heavy atom. The van der Waals surface area contributed by atoms with Crippen LogP contribution in [0.1, 0.15) is 37.0 Å². The quantitative estimate of drug-likeness (QED) is 0.779. The summed E-state index contributed by atoms with van der Waals surface area (Å²) in [6.07, 6.45) is 2.37. The summed E-state index contributed by atoms with van der Waals surface area (Å²) < 4.78 is 0. The average molecular weight is 250 g/mol. The lowest BCUT2D eigenvalue weighted by Gasteiger charge is -2.17. The molecule has 0 N–H and O–H groups in total. The zero-order valence-corrected chi connectivity index (χ0v) is 11.2. The first-order valence-electron chi connectivity index (χ1n) is 5.86. The number of nitriles is 1. The molecule has 1 aromatic heterocycles. The van der Waals surface area contributed by atoms with E-state index in [1.54, 1.807) is 11.9 Å². The number of thiophene rings is 1. The lowest BCUT2D eigenvalue weighted by atomic mass is 10.0. The number of unbranched alkanes of at least 4 members (excludes halogenated alkanes) is 1. The molecule has 4 heteroatoms. The van der Waals surface area contributed by atoms with Crippen molar-refractivity contribution in [2.24, 2.45) is 0 Å². The first-order chi connectivity index (χ1) is 8.19. The predicted octanol–water partition coefficient (Wildman–Crippen LogP) is 3.00. The third kappa shape index (κ3) is 4.20. The van der Waals surface area contributed by atoms with Crippen molar-refractivity contribution in [1.82, 2.24) is 4.90 Å². The lowest BCUT2D eigenvalue weighted by Crippen LogP contribution is -2.28. The molecule has 1 heterocycles. The van der Waals surface area contributed by atoms with E-state index in [0.717, 1.165) is 24.3 Å². The minimum atomic E-state index is -0.299. The van der Waals surface area contributed by atoms with E-state index < -0.39 is 0 Å². The summed E-state index contributed by atoms with van der Waals surface area (Å²) in [6, 6.07) is 6.04. The van der Waals surface area contributed by atoms with Gasteiger partial charge in [-0.2, -0.15) is 5.26 Å². The highest BCUT2D eigenvalue weighted by atomic mass is 32.1. The van der Waals surface area contributed by atoms with Crippen molar-refractivity contribution in [3.05, 3.63) is 22.4 Å². The second-order valence-corrected chi connectivity index (χ2v) is 5.05. The molecule has 92 valence electrons. The topological polar surface area (TPSA) is 44.1 Å². The van der Waals surface area contributed by atoms with E-state index in [9.17, 15) is 4.79 Å². The fraction of sp³-hybridized carbons (Fsp3) is 0.538. The summed E-state index contributed by atoms with van der Waals surface area (Å²) in [5.41, 5.74) is 0. The average Bonchev–Trinajstić information content (AvgIpc) is 2.86. The molecule has 0 bridgehead atoms. The van der Waals surface area contributed by atoms with Crippen molar-refractivity contribution < 1.29 is 4.79 Å². The molecule has 1 atom stereocenters. The van der Waals surface area contributed by atoms with E-state index in [1.807, 2.05) is 17.5 Å². The summed E-state index contributed by atoms with van der Waals surface area (Å²) in [4.78, 5) is 14.6. The van der Waals surface area contributed by atoms with Gasteiger partial charge in [0, 0.05) is 24.9 Å². The van der Waals surface area contributed by atoms with Gasteiger partial charge in [-0.15, -0.1) is 11.3 Å². The minimum Gasteiger partial charge on any atom is -0.346 e. The maximum Gasteiger partial charge on any atom is 0.224 e. The van der Waals surface area contributed by atoms with E-state index in [0.29, 0.717) is 0 Å². The number of carbonyl (C=O) groups is 1. The van der Waals surface area contributed by atoms with Gasteiger partial charge in [0.2, 0.25) is 5.91 Å². The van der Waals surface area contributed by atoms with Crippen LogP contribution in [-0.4, -0.2) is 24.4 Å². The largest absolute Gasteiger partial charge is 0.346 e. The van der Waals surface area contributed by atoms with Gasteiger partial charge in [-0.3, -0.25) is 4.79 Å². The molecule has 17 heavy (non-hydrogen) atoms. The molecule has 1 unspecified atom stereocenters. The van der Waals surface area contributed by atoms with Gasteiger partial charge < -0.3 is 4.90 Å². The molecule has 0 spiro atoms. The van der Waals surface area contributed by atoms with E-state index in [2.05, 4.69) is 13.0 Å². The maximum atomic E-state index is 11.9. The van der Waals surface area contributed by atoms with Crippen LogP contribution in [0.15, 0.2) is 17.5 Å². The normalized spacial score (nSPS) is 11.8. The van der Waals surface area contributed by atoms with Gasteiger partial charge >= 0.3 is 0 Å². The fourth-order valence-corrected chi connectivity index (χ4v) is 2.32. The van der Waals surface area contributed by atoms with Crippen molar-refractivity contribution >= 4 is 17.2 Å². The van der Waals surface area contributed by atoms with Crippen LogP contribution < -0.4 is 0 Å². The molecule has 0 aromatic carbocycles. The summed E-state index contributed by atoms with van der Waals surface area (Å²) in [7, 11) is 1.81. The lowest BCUT2D eigenvalue weighted by molar-refractivity contribution is -0.130. The summed E-state index contributed by atoms with van der Waals surface area (Å²) >= 11 is 1.53.